The van der Waals surface area contributed by atoms with Crippen LogP contribution in [0.25, 0.3) is 0 Å². The normalized spacial score (nSPS) is 17.3. The first-order valence-corrected chi connectivity index (χ1v) is 7.90. The number of esters is 1. The van der Waals surface area contributed by atoms with Crippen molar-refractivity contribution in [1.82, 2.24) is 4.98 Å². The number of amides is 1. The average molecular weight is 325 g/mol. The number of anilines is 1. The van der Waals surface area contributed by atoms with E-state index in [1.807, 2.05) is 12.1 Å². The molecule has 124 valence electrons. The minimum Gasteiger partial charge on any atom is -0.421 e. The first kappa shape index (κ1) is 16.0. The molecule has 2 aromatic rings. The van der Waals surface area contributed by atoms with Crippen LogP contribution in [0.2, 0.25) is 0 Å². The smallest absolute Gasteiger partial charge is 0.343 e. The van der Waals surface area contributed by atoms with Gasteiger partial charge < -0.3 is 15.4 Å². The highest BCUT2D eigenvalue weighted by atomic mass is 16.5. The second kappa shape index (κ2) is 7.12. The van der Waals surface area contributed by atoms with Crippen LogP contribution in [0.1, 0.15) is 23.2 Å². The summed E-state index contributed by atoms with van der Waals surface area (Å²) in [6, 6.07) is 10.6. The molecule has 1 fully saturated rings. The van der Waals surface area contributed by atoms with Gasteiger partial charge >= 0.3 is 5.97 Å². The molecule has 1 aromatic heterocycles. The second-order valence-corrected chi connectivity index (χ2v) is 5.81. The largest absolute Gasteiger partial charge is 0.421 e. The van der Waals surface area contributed by atoms with Crippen LogP contribution < -0.4 is 15.4 Å². The Balaban J connectivity index is 1.67. The van der Waals surface area contributed by atoms with Gasteiger partial charge in [-0.15, -0.1) is 0 Å². The monoisotopic (exact) mass is 325 g/mol. The maximum absolute atomic E-state index is 12.1. The maximum atomic E-state index is 12.1. The molecule has 1 aliphatic heterocycles. The zero-order valence-electron chi connectivity index (χ0n) is 13.2. The predicted octanol–water partition coefficient (Wildman–Crippen LogP) is 2.00. The molecule has 1 atom stereocenters. The van der Waals surface area contributed by atoms with E-state index in [1.165, 1.54) is 6.20 Å². The molecule has 2 N–H and O–H groups in total. The lowest BCUT2D eigenvalue weighted by Gasteiger charge is -2.33. The molecule has 0 radical (unpaired) electrons. The summed E-state index contributed by atoms with van der Waals surface area (Å²) < 4.78 is 5.26. The van der Waals surface area contributed by atoms with Crippen LogP contribution in [0.5, 0.6) is 5.75 Å². The number of aromatic nitrogens is 1. The van der Waals surface area contributed by atoms with Gasteiger partial charge in [-0.3, -0.25) is 9.78 Å². The molecule has 0 bridgehead atoms. The Labute approximate surface area is 140 Å². The Morgan fingerprint density at radius 1 is 1.21 bits per heavy atom. The topological polar surface area (TPSA) is 85.5 Å². The van der Waals surface area contributed by atoms with E-state index in [2.05, 4.69) is 9.88 Å². The van der Waals surface area contributed by atoms with Crippen molar-refractivity contribution < 1.29 is 14.3 Å². The van der Waals surface area contributed by atoms with Crippen LogP contribution >= 0.6 is 0 Å². The highest BCUT2D eigenvalue weighted by Gasteiger charge is 2.24. The zero-order chi connectivity index (χ0) is 16.9. The van der Waals surface area contributed by atoms with E-state index in [0.29, 0.717) is 17.9 Å². The minimum absolute atomic E-state index is 0.117. The molecule has 3 rings (SSSR count). The highest BCUT2D eigenvalue weighted by molar-refractivity contribution is 5.91. The molecule has 6 nitrogen and oxygen atoms in total. The number of nitrogens with zero attached hydrogens (tertiary/aromatic N) is 2. The summed E-state index contributed by atoms with van der Waals surface area (Å²) >= 11 is 0. The lowest BCUT2D eigenvalue weighted by molar-refractivity contribution is -0.122. The fourth-order valence-corrected chi connectivity index (χ4v) is 2.83. The van der Waals surface area contributed by atoms with Gasteiger partial charge in [0.1, 0.15) is 5.75 Å². The van der Waals surface area contributed by atoms with Crippen LogP contribution in [0.4, 0.5) is 5.69 Å². The molecule has 0 aliphatic carbocycles. The van der Waals surface area contributed by atoms with E-state index in [4.69, 9.17) is 10.5 Å². The van der Waals surface area contributed by atoms with Crippen molar-refractivity contribution >= 4 is 17.6 Å². The summed E-state index contributed by atoms with van der Waals surface area (Å²) in [4.78, 5) is 29.5. The van der Waals surface area contributed by atoms with E-state index in [-0.39, 0.29) is 11.8 Å². The fraction of sp³-hybridized carbons (Fsp3) is 0.278. The molecule has 2 heterocycles. The summed E-state index contributed by atoms with van der Waals surface area (Å²) in [6.45, 7) is 1.50. The number of carbonyl (C=O) groups is 2. The number of carbonyl (C=O) groups excluding carboxylic acids is 2. The first-order chi connectivity index (χ1) is 11.6. The summed E-state index contributed by atoms with van der Waals surface area (Å²) in [7, 11) is 0. The van der Waals surface area contributed by atoms with E-state index in [9.17, 15) is 9.59 Å². The number of rotatable bonds is 4. The number of pyridine rings is 1. The van der Waals surface area contributed by atoms with Gasteiger partial charge in [-0.25, -0.2) is 4.79 Å². The van der Waals surface area contributed by atoms with Crippen LogP contribution in [0, 0.1) is 5.92 Å². The molecular weight excluding hydrogens is 306 g/mol. The Kier molecular flexibility index (Phi) is 4.74. The predicted molar refractivity (Wildman–Crippen MR) is 89.8 cm³/mol. The van der Waals surface area contributed by atoms with Gasteiger partial charge in [0.05, 0.1) is 17.7 Å². The van der Waals surface area contributed by atoms with Crippen LogP contribution in [-0.4, -0.2) is 29.9 Å². The molecule has 1 aromatic carbocycles. The van der Waals surface area contributed by atoms with Crippen molar-refractivity contribution in [2.45, 2.75) is 12.8 Å². The number of hydrogen-bond donors (Lipinski definition) is 1. The van der Waals surface area contributed by atoms with Crippen LogP contribution in [0.3, 0.4) is 0 Å². The maximum Gasteiger partial charge on any atom is 0.343 e. The van der Waals surface area contributed by atoms with Gasteiger partial charge in [0.15, 0.2) is 0 Å². The summed E-state index contributed by atoms with van der Waals surface area (Å²) in [5.74, 6) is -0.388. The van der Waals surface area contributed by atoms with Gasteiger partial charge in [-0.1, -0.05) is 0 Å². The number of ether oxygens (including phenoxy) is 1. The standard InChI is InChI=1S/C18H19N3O3/c19-17(22)14-3-2-10-21(12-14)15-7-5-13(6-8-15)18(23)24-16-4-1-9-20-11-16/h1,4-9,11,14H,2-3,10,12H2,(H2,19,22)/t14-/m1/s1. The van der Waals surface area contributed by atoms with Crippen LogP contribution in [0.15, 0.2) is 48.8 Å². The molecule has 1 aliphatic rings. The van der Waals surface area contributed by atoms with Gasteiger partial charge in [0, 0.05) is 25.0 Å². The second-order valence-electron chi connectivity index (χ2n) is 5.81. The molecule has 1 amide bonds. The molecule has 1 saturated heterocycles. The lowest BCUT2D eigenvalue weighted by atomic mass is 9.97. The van der Waals surface area contributed by atoms with Crippen molar-refractivity contribution in [2.24, 2.45) is 11.7 Å². The van der Waals surface area contributed by atoms with Crippen molar-refractivity contribution in [3.05, 3.63) is 54.4 Å². The Bertz CT molecular complexity index is 716. The van der Waals surface area contributed by atoms with Gasteiger partial charge in [0.2, 0.25) is 5.91 Å². The van der Waals surface area contributed by atoms with Crippen molar-refractivity contribution in [3.8, 4) is 5.75 Å². The van der Waals surface area contributed by atoms with E-state index in [0.717, 1.165) is 25.1 Å². The summed E-state index contributed by atoms with van der Waals surface area (Å²) in [6.07, 6.45) is 4.87. The molecule has 6 heteroatoms. The van der Waals surface area contributed by atoms with Crippen molar-refractivity contribution in [3.63, 3.8) is 0 Å². The van der Waals surface area contributed by atoms with Crippen LogP contribution in [-0.2, 0) is 4.79 Å². The zero-order valence-corrected chi connectivity index (χ0v) is 13.2. The molecule has 0 spiro atoms. The van der Waals surface area contributed by atoms with Gasteiger partial charge in [0.25, 0.3) is 0 Å². The number of benzene rings is 1. The quantitative estimate of drug-likeness (QED) is 0.869. The molecule has 0 unspecified atom stereocenters. The Morgan fingerprint density at radius 3 is 2.67 bits per heavy atom. The highest BCUT2D eigenvalue weighted by Crippen LogP contribution is 2.23. The van der Waals surface area contributed by atoms with Crippen molar-refractivity contribution in [2.75, 3.05) is 18.0 Å². The molecule has 0 saturated carbocycles. The lowest BCUT2D eigenvalue weighted by Crippen LogP contribution is -2.41. The van der Waals surface area contributed by atoms with E-state index in [1.54, 1.807) is 30.5 Å². The van der Waals surface area contributed by atoms with E-state index >= 15 is 0 Å². The fourth-order valence-electron chi connectivity index (χ4n) is 2.83. The third kappa shape index (κ3) is 3.71. The van der Waals surface area contributed by atoms with Crippen molar-refractivity contribution in [1.29, 1.82) is 0 Å². The number of nitrogens with two attached hydrogens (primary N) is 1. The summed E-state index contributed by atoms with van der Waals surface area (Å²) in [5.41, 5.74) is 6.85. The third-order valence-corrected chi connectivity index (χ3v) is 4.14. The average Bonchev–Trinajstić information content (AvgIpc) is 2.63. The number of piperidine rings is 1. The summed E-state index contributed by atoms with van der Waals surface area (Å²) in [5, 5.41) is 0. The third-order valence-electron chi connectivity index (χ3n) is 4.14. The number of hydrogen-bond acceptors (Lipinski definition) is 5. The van der Waals surface area contributed by atoms with Gasteiger partial charge in [-0.05, 0) is 49.2 Å². The minimum atomic E-state index is -0.428. The van der Waals surface area contributed by atoms with Gasteiger partial charge in [-0.2, -0.15) is 0 Å². The number of primary amides is 1. The Hall–Kier alpha value is -2.89. The Morgan fingerprint density at radius 2 is 2.00 bits per heavy atom. The van der Waals surface area contributed by atoms with E-state index < -0.39 is 5.97 Å². The molecule has 24 heavy (non-hydrogen) atoms. The first-order valence-electron chi connectivity index (χ1n) is 7.90. The molecular formula is C18H19N3O3. The SMILES string of the molecule is NC(=O)[C@@H]1CCCN(c2ccc(C(=O)Oc3cccnc3)cc2)C1.